The number of nitrogens with zero attached hydrogens (tertiary/aromatic N) is 3. The molecule has 0 radical (unpaired) electrons. The van der Waals surface area contributed by atoms with Gasteiger partial charge in [0, 0.05) is 23.3 Å². The molecule has 0 unspecified atom stereocenters. The third-order valence-corrected chi connectivity index (χ3v) is 6.53. The number of hydrogen-bond donors (Lipinski definition) is 1. The van der Waals surface area contributed by atoms with E-state index in [2.05, 4.69) is 37.0 Å². The van der Waals surface area contributed by atoms with Crippen LogP contribution in [0.15, 0.2) is 97.0 Å². The molecule has 0 saturated heterocycles. The summed E-state index contributed by atoms with van der Waals surface area (Å²) in [5, 5.41) is 3.79. The summed E-state index contributed by atoms with van der Waals surface area (Å²) in [5.41, 5.74) is 4.16. The molecule has 2 aromatic carbocycles. The highest BCUT2D eigenvalue weighted by molar-refractivity contribution is 6.05. The van der Waals surface area contributed by atoms with Crippen LogP contribution >= 0.6 is 0 Å². The van der Waals surface area contributed by atoms with E-state index in [1.165, 1.54) is 21.7 Å². The Hall–Kier alpha value is -4.98. The molecule has 1 N–H and O–H groups in total. The highest BCUT2D eigenvalue weighted by atomic mass is 19.1. The second-order valence-corrected chi connectivity index (χ2v) is 9.94. The van der Waals surface area contributed by atoms with Crippen LogP contribution in [0.2, 0.25) is 0 Å². The Morgan fingerprint density at radius 2 is 1.83 bits per heavy atom. The number of carbonyl (C=O) groups excluding carboxylic acids is 1. The minimum atomic E-state index is -0.604. The predicted molar refractivity (Wildman–Crippen MR) is 170 cm³/mol. The fourth-order valence-electron chi connectivity index (χ4n) is 4.27. The van der Waals surface area contributed by atoms with Crippen molar-refractivity contribution in [3.05, 3.63) is 131 Å². The van der Waals surface area contributed by atoms with E-state index in [0.717, 1.165) is 16.8 Å². The van der Waals surface area contributed by atoms with Gasteiger partial charge in [0.15, 0.2) is 0 Å². The minimum absolute atomic E-state index is 0.0227. The second-order valence-electron chi connectivity index (χ2n) is 9.94. The number of ether oxygens (including phenoxy) is 1. The van der Waals surface area contributed by atoms with Gasteiger partial charge in [-0.1, -0.05) is 36.9 Å². The number of benzene rings is 2. The van der Waals surface area contributed by atoms with E-state index >= 15 is 0 Å². The van der Waals surface area contributed by atoms with Crippen molar-refractivity contribution in [2.45, 2.75) is 40.7 Å². The SMILES string of the molecule is C=CCC=CC(=C)n1c(=O)c(C(=O)Nc2ccc(C)c(F)c2)c(C)n1CC(=C)C.COc1ccc2c(C)ccnc2c1. The van der Waals surface area contributed by atoms with Crippen LogP contribution in [-0.4, -0.2) is 27.4 Å². The largest absolute Gasteiger partial charge is 0.497 e. The summed E-state index contributed by atoms with van der Waals surface area (Å²) in [7, 11) is 1.66. The monoisotopic (exact) mass is 568 g/mol. The highest BCUT2D eigenvalue weighted by Gasteiger charge is 2.24. The minimum Gasteiger partial charge on any atom is -0.497 e. The zero-order valence-corrected chi connectivity index (χ0v) is 24.8. The van der Waals surface area contributed by atoms with Crippen molar-refractivity contribution in [1.29, 1.82) is 0 Å². The average Bonchev–Trinajstić information content (AvgIpc) is 3.19. The number of fused-ring (bicyclic) bond motifs is 1. The van der Waals surface area contributed by atoms with Crippen LogP contribution in [0.1, 0.15) is 40.5 Å². The number of hydrogen-bond acceptors (Lipinski definition) is 4. The first kappa shape index (κ1) is 31.5. The summed E-state index contributed by atoms with van der Waals surface area (Å²) in [5.74, 6) is -0.184. The number of allylic oxidation sites excluding steroid dienone is 5. The molecule has 218 valence electrons. The van der Waals surface area contributed by atoms with E-state index in [-0.39, 0.29) is 11.3 Å². The lowest BCUT2D eigenvalue weighted by atomic mass is 10.1. The number of aryl methyl sites for hydroxylation is 2. The zero-order chi connectivity index (χ0) is 31.0. The average molecular weight is 569 g/mol. The number of pyridine rings is 1. The summed E-state index contributed by atoms with van der Waals surface area (Å²) in [6.45, 7) is 19.1. The topological polar surface area (TPSA) is 78.2 Å². The van der Waals surface area contributed by atoms with E-state index < -0.39 is 17.3 Å². The van der Waals surface area contributed by atoms with E-state index in [1.807, 2.05) is 43.5 Å². The number of amides is 1. The molecule has 0 aliphatic rings. The van der Waals surface area contributed by atoms with Gasteiger partial charge in [-0.05, 0) is 81.7 Å². The van der Waals surface area contributed by atoms with Gasteiger partial charge in [-0.25, -0.2) is 9.07 Å². The summed E-state index contributed by atoms with van der Waals surface area (Å²) < 4.78 is 21.9. The van der Waals surface area contributed by atoms with Gasteiger partial charge in [-0.3, -0.25) is 19.3 Å². The van der Waals surface area contributed by atoms with Crippen molar-refractivity contribution in [2.24, 2.45) is 0 Å². The van der Waals surface area contributed by atoms with Gasteiger partial charge in [-0.2, -0.15) is 0 Å². The maximum absolute atomic E-state index is 13.8. The van der Waals surface area contributed by atoms with Gasteiger partial charge in [0.2, 0.25) is 0 Å². The maximum Gasteiger partial charge on any atom is 0.284 e. The van der Waals surface area contributed by atoms with Crippen molar-refractivity contribution in [3.8, 4) is 5.75 Å². The molecular weight excluding hydrogens is 531 g/mol. The second kappa shape index (κ2) is 14.1. The van der Waals surface area contributed by atoms with Crippen LogP contribution in [0.3, 0.4) is 0 Å². The van der Waals surface area contributed by atoms with E-state index in [9.17, 15) is 14.0 Å². The molecule has 0 aliphatic heterocycles. The molecule has 0 aliphatic carbocycles. The van der Waals surface area contributed by atoms with Crippen molar-refractivity contribution < 1.29 is 13.9 Å². The molecule has 2 aromatic heterocycles. The van der Waals surface area contributed by atoms with Crippen LogP contribution < -0.4 is 15.6 Å². The normalized spacial score (nSPS) is 10.7. The molecule has 42 heavy (non-hydrogen) atoms. The lowest BCUT2D eigenvalue weighted by Crippen LogP contribution is -2.26. The molecule has 2 heterocycles. The Morgan fingerprint density at radius 3 is 2.48 bits per heavy atom. The van der Waals surface area contributed by atoms with Crippen LogP contribution in [0, 0.1) is 26.6 Å². The summed E-state index contributed by atoms with van der Waals surface area (Å²) in [6.07, 6.45) is 7.69. The molecule has 4 aromatic rings. The third-order valence-electron chi connectivity index (χ3n) is 6.53. The Labute approximate surface area is 246 Å². The first-order valence-electron chi connectivity index (χ1n) is 13.4. The number of halogens is 1. The van der Waals surface area contributed by atoms with Crippen LogP contribution in [0.4, 0.5) is 10.1 Å². The fraction of sp³-hybridized carbons (Fsp3) is 0.206. The lowest BCUT2D eigenvalue weighted by Gasteiger charge is -2.13. The van der Waals surface area contributed by atoms with E-state index in [1.54, 1.807) is 49.9 Å². The van der Waals surface area contributed by atoms with Crippen molar-refractivity contribution in [1.82, 2.24) is 14.3 Å². The predicted octanol–water partition coefficient (Wildman–Crippen LogP) is 7.39. The number of aromatic nitrogens is 3. The van der Waals surface area contributed by atoms with Crippen molar-refractivity contribution in [3.63, 3.8) is 0 Å². The molecule has 1 amide bonds. The number of carbonyl (C=O) groups is 1. The Balaban J connectivity index is 0.000000307. The van der Waals surface area contributed by atoms with Gasteiger partial charge < -0.3 is 10.1 Å². The molecule has 0 saturated carbocycles. The van der Waals surface area contributed by atoms with Crippen molar-refractivity contribution >= 4 is 28.2 Å². The molecule has 0 fully saturated rings. The quantitative estimate of drug-likeness (QED) is 0.169. The fourth-order valence-corrected chi connectivity index (χ4v) is 4.27. The molecule has 0 atom stereocenters. The summed E-state index contributed by atoms with van der Waals surface area (Å²) in [4.78, 5) is 30.2. The van der Waals surface area contributed by atoms with Crippen LogP contribution in [0.5, 0.6) is 5.75 Å². The van der Waals surface area contributed by atoms with E-state index in [0.29, 0.717) is 29.9 Å². The summed E-state index contributed by atoms with van der Waals surface area (Å²) in [6, 6.07) is 12.3. The number of rotatable bonds is 9. The Bertz CT molecular complexity index is 1740. The third kappa shape index (κ3) is 7.40. The molecule has 8 heteroatoms. The molecule has 0 bridgehead atoms. The number of nitrogens with one attached hydrogen (secondary N) is 1. The number of anilines is 1. The van der Waals surface area contributed by atoms with Crippen molar-refractivity contribution in [2.75, 3.05) is 12.4 Å². The standard InChI is InChI=1S/C23H26FN3O2.C11H11NO/c1-7-8-9-10-17(5)27-23(29)21(18(6)26(27)14-15(2)3)22(28)25-19-12-11-16(4)20(24)13-19;1-8-5-6-12-11-7-9(13-2)3-4-10(8)11/h7,9-13H,1-2,5,8,14H2,3-4,6H3,(H,25,28);3-7H,1-2H3. The first-order chi connectivity index (χ1) is 20.0. The molecular formula is C34H37FN4O3. The maximum atomic E-state index is 13.8. The first-order valence-corrected chi connectivity index (χ1v) is 13.4. The van der Waals surface area contributed by atoms with Gasteiger partial charge in [-0.15, -0.1) is 6.58 Å². The number of methoxy groups -OCH3 is 1. The molecule has 7 nitrogen and oxygen atoms in total. The molecule has 4 rings (SSSR count). The summed E-state index contributed by atoms with van der Waals surface area (Å²) >= 11 is 0. The lowest BCUT2D eigenvalue weighted by molar-refractivity contribution is 0.102. The van der Waals surface area contributed by atoms with Crippen LogP contribution in [0.25, 0.3) is 16.6 Å². The molecule has 0 spiro atoms. The Morgan fingerprint density at radius 1 is 1.10 bits per heavy atom. The van der Waals surface area contributed by atoms with E-state index in [4.69, 9.17) is 4.74 Å². The highest BCUT2D eigenvalue weighted by Crippen LogP contribution is 2.21. The van der Waals surface area contributed by atoms with Gasteiger partial charge in [0.25, 0.3) is 11.5 Å². The van der Waals surface area contributed by atoms with Crippen LogP contribution in [-0.2, 0) is 6.54 Å². The zero-order valence-electron chi connectivity index (χ0n) is 24.8. The van der Waals surface area contributed by atoms with Gasteiger partial charge >= 0.3 is 0 Å². The van der Waals surface area contributed by atoms with Gasteiger partial charge in [0.05, 0.1) is 30.6 Å². The smallest absolute Gasteiger partial charge is 0.284 e. The van der Waals surface area contributed by atoms with Gasteiger partial charge in [0.1, 0.15) is 17.1 Å². The Kier molecular flexibility index (Phi) is 10.6.